The summed E-state index contributed by atoms with van der Waals surface area (Å²) in [6.45, 7) is 9.13. The van der Waals surface area contributed by atoms with Gasteiger partial charge in [-0.15, -0.1) is 0 Å². The van der Waals surface area contributed by atoms with Gasteiger partial charge in [-0.25, -0.2) is 9.97 Å². The molecule has 0 radical (unpaired) electrons. The number of anilines is 3. The number of aromatic nitrogens is 4. The Morgan fingerprint density at radius 2 is 1.83 bits per heavy atom. The average Bonchev–Trinajstić information content (AvgIpc) is 3.48. The fourth-order valence-electron chi connectivity index (χ4n) is 5.85. The summed E-state index contributed by atoms with van der Waals surface area (Å²) < 4.78 is 13.7. The van der Waals surface area contributed by atoms with Gasteiger partial charge < -0.3 is 20.1 Å². The smallest absolute Gasteiger partial charge is 0.247 e. The molecule has 1 fully saturated rings. The molecule has 0 aliphatic carbocycles. The highest BCUT2D eigenvalue weighted by Gasteiger charge is 2.15. The van der Waals surface area contributed by atoms with Crippen LogP contribution in [0.15, 0.2) is 98.0 Å². The predicted octanol–water partition coefficient (Wildman–Crippen LogP) is 6.15. The zero-order valence-electron chi connectivity index (χ0n) is 25.5. The molecule has 0 spiro atoms. The third-order valence-electron chi connectivity index (χ3n) is 8.23. The summed E-state index contributed by atoms with van der Waals surface area (Å²) in [7, 11) is 0. The summed E-state index contributed by atoms with van der Waals surface area (Å²) in [5.74, 6) is 0.842. The van der Waals surface area contributed by atoms with Crippen LogP contribution >= 0.6 is 0 Å². The Bertz CT molecular complexity index is 2020. The number of ether oxygens (including phenoxy) is 2. The van der Waals surface area contributed by atoms with E-state index in [0.717, 1.165) is 72.0 Å². The highest BCUT2D eigenvalue weighted by atomic mass is 16.5. The molecule has 2 aromatic heterocycles. The number of nitrogens with zero attached hydrogens (tertiary/aromatic N) is 5. The Kier molecular flexibility index (Phi) is 8.53. The number of carbonyl (C=O) groups excluding carboxylic acids is 1. The molecule has 0 unspecified atom stereocenters. The zero-order chi connectivity index (χ0) is 31.3. The summed E-state index contributed by atoms with van der Waals surface area (Å²) in [6, 6.07) is 24.5. The van der Waals surface area contributed by atoms with E-state index in [1.165, 1.54) is 18.0 Å². The van der Waals surface area contributed by atoms with E-state index in [2.05, 4.69) is 67.5 Å². The van der Waals surface area contributed by atoms with Gasteiger partial charge in [-0.3, -0.25) is 14.4 Å². The van der Waals surface area contributed by atoms with Crippen LogP contribution in [0.25, 0.3) is 32.6 Å². The molecule has 46 heavy (non-hydrogen) atoms. The first-order valence-electron chi connectivity index (χ1n) is 15.5. The predicted molar refractivity (Wildman–Crippen MR) is 182 cm³/mol. The van der Waals surface area contributed by atoms with Crippen molar-refractivity contribution in [2.75, 3.05) is 50.1 Å². The Hall–Kier alpha value is -5.32. The SMILES string of the molecule is C=CC(=O)Nc1cc2c(Nc3cccc4cc5c(cnn5Cc5ccccc5)cc34)ncnc2cc1OCCCN1CCOCC1. The van der Waals surface area contributed by atoms with Crippen molar-refractivity contribution in [2.45, 2.75) is 13.0 Å². The normalized spacial score (nSPS) is 13.7. The minimum atomic E-state index is -0.324. The average molecular weight is 614 g/mol. The molecule has 10 heteroatoms. The van der Waals surface area contributed by atoms with Crippen LogP contribution in [0, 0.1) is 0 Å². The maximum Gasteiger partial charge on any atom is 0.247 e. The summed E-state index contributed by atoms with van der Waals surface area (Å²) in [5.41, 5.74) is 4.40. The Morgan fingerprint density at radius 1 is 0.957 bits per heavy atom. The van der Waals surface area contributed by atoms with Gasteiger partial charge >= 0.3 is 0 Å². The van der Waals surface area contributed by atoms with Crippen LogP contribution in [0.3, 0.4) is 0 Å². The minimum Gasteiger partial charge on any atom is -0.491 e. The summed E-state index contributed by atoms with van der Waals surface area (Å²) in [4.78, 5) is 23.9. The fourth-order valence-corrected chi connectivity index (χ4v) is 5.85. The molecule has 2 N–H and O–H groups in total. The van der Waals surface area contributed by atoms with Gasteiger partial charge in [0.25, 0.3) is 0 Å². The number of carbonyl (C=O) groups is 1. The Labute approximate surface area is 266 Å². The van der Waals surface area contributed by atoms with Crippen molar-refractivity contribution >= 4 is 55.7 Å². The summed E-state index contributed by atoms with van der Waals surface area (Å²) >= 11 is 0. The van der Waals surface area contributed by atoms with E-state index in [1.807, 2.05) is 53.3 Å². The highest BCUT2D eigenvalue weighted by Crippen LogP contribution is 2.35. The summed E-state index contributed by atoms with van der Waals surface area (Å²) in [6.07, 6.45) is 5.53. The second-order valence-corrected chi connectivity index (χ2v) is 11.3. The van der Waals surface area contributed by atoms with Crippen LogP contribution in [0.2, 0.25) is 0 Å². The molecule has 6 aromatic rings. The molecule has 1 amide bonds. The third-order valence-corrected chi connectivity index (χ3v) is 8.23. The number of amides is 1. The number of nitrogens with one attached hydrogen (secondary N) is 2. The molecular weight excluding hydrogens is 578 g/mol. The molecule has 4 aromatic carbocycles. The van der Waals surface area contributed by atoms with Crippen LogP contribution in [-0.2, 0) is 16.1 Å². The lowest BCUT2D eigenvalue weighted by atomic mass is 10.1. The molecule has 7 rings (SSSR count). The largest absolute Gasteiger partial charge is 0.491 e. The highest BCUT2D eigenvalue weighted by molar-refractivity contribution is 6.06. The van der Waals surface area contributed by atoms with Gasteiger partial charge in [0.1, 0.15) is 17.9 Å². The van der Waals surface area contributed by atoms with E-state index < -0.39 is 0 Å². The number of hydrogen-bond donors (Lipinski definition) is 2. The second kappa shape index (κ2) is 13.4. The Balaban J connectivity index is 1.17. The van der Waals surface area contributed by atoms with E-state index in [4.69, 9.17) is 9.47 Å². The summed E-state index contributed by atoms with van der Waals surface area (Å²) in [5, 5.41) is 15.0. The van der Waals surface area contributed by atoms with Crippen LogP contribution in [0.4, 0.5) is 17.2 Å². The standard InChI is InChI=1S/C36H35N7O3/c1-2-35(44)40-32-20-29-31(21-34(32)46-15-7-12-42-13-16-45-17-14-42)37-24-38-36(29)41-30-11-6-10-26-19-33-27(18-28(26)30)22-39-43(33)23-25-8-4-3-5-9-25/h2-6,8-11,18-22,24H,1,7,12-17,23H2,(H,40,44)(H,37,38,41). The Morgan fingerprint density at radius 3 is 2.67 bits per heavy atom. The van der Waals surface area contributed by atoms with Crippen molar-refractivity contribution in [3.05, 3.63) is 104 Å². The molecule has 0 atom stereocenters. The fraction of sp³-hybridized carbons (Fsp3) is 0.222. The topological polar surface area (TPSA) is 106 Å². The number of hydrogen-bond acceptors (Lipinski definition) is 8. The van der Waals surface area contributed by atoms with E-state index >= 15 is 0 Å². The second-order valence-electron chi connectivity index (χ2n) is 11.3. The monoisotopic (exact) mass is 613 g/mol. The van der Waals surface area contributed by atoms with Gasteiger partial charge in [-0.1, -0.05) is 49.0 Å². The zero-order valence-corrected chi connectivity index (χ0v) is 25.5. The third kappa shape index (κ3) is 6.39. The van der Waals surface area contributed by atoms with Gasteiger partial charge in [0.2, 0.25) is 5.91 Å². The van der Waals surface area contributed by atoms with Crippen molar-refractivity contribution in [2.24, 2.45) is 0 Å². The molecule has 0 bridgehead atoms. The van der Waals surface area contributed by atoms with Crippen molar-refractivity contribution in [3.8, 4) is 5.75 Å². The minimum absolute atomic E-state index is 0.324. The van der Waals surface area contributed by atoms with E-state index in [0.29, 0.717) is 35.9 Å². The van der Waals surface area contributed by atoms with Crippen molar-refractivity contribution in [1.82, 2.24) is 24.6 Å². The van der Waals surface area contributed by atoms with Crippen LogP contribution in [0.1, 0.15) is 12.0 Å². The van der Waals surface area contributed by atoms with Crippen molar-refractivity contribution < 1.29 is 14.3 Å². The maximum absolute atomic E-state index is 12.4. The number of rotatable bonds is 11. The van der Waals surface area contributed by atoms with Crippen molar-refractivity contribution in [3.63, 3.8) is 0 Å². The lowest BCUT2D eigenvalue weighted by molar-refractivity contribution is -0.111. The number of fused-ring (bicyclic) bond motifs is 3. The van der Waals surface area contributed by atoms with E-state index in [9.17, 15) is 4.79 Å². The van der Waals surface area contributed by atoms with Gasteiger partial charge in [-0.2, -0.15) is 5.10 Å². The van der Waals surface area contributed by atoms with Gasteiger partial charge in [0.05, 0.1) is 49.3 Å². The van der Waals surface area contributed by atoms with Crippen LogP contribution < -0.4 is 15.4 Å². The molecule has 1 aliphatic heterocycles. The molecule has 0 saturated carbocycles. The van der Waals surface area contributed by atoms with E-state index in [-0.39, 0.29) is 5.91 Å². The molecular formula is C36H35N7O3. The number of morpholine rings is 1. The molecule has 1 saturated heterocycles. The first-order valence-corrected chi connectivity index (χ1v) is 15.5. The van der Waals surface area contributed by atoms with E-state index in [1.54, 1.807) is 0 Å². The molecule has 1 aliphatic rings. The van der Waals surface area contributed by atoms with Gasteiger partial charge in [-0.05, 0) is 47.7 Å². The lowest BCUT2D eigenvalue weighted by Crippen LogP contribution is -2.37. The maximum atomic E-state index is 12.4. The van der Waals surface area contributed by atoms with Crippen LogP contribution in [-0.4, -0.2) is 70.0 Å². The van der Waals surface area contributed by atoms with Crippen molar-refractivity contribution in [1.29, 1.82) is 0 Å². The van der Waals surface area contributed by atoms with Gasteiger partial charge in [0, 0.05) is 47.5 Å². The molecule has 3 heterocycles. The number of benzene rings is 4. The van der Waals surface area contributed by atoms with Gasteiger partial charge in [0.15, 0.2) is 0 Å². The lowest BCUT2D eigenvalue weighted by Gasteiger charge is -2.26. The first-order chi connectivity index (χ1) is 22.6. The van der Waals surface area contributed by atoms with Crippen LogP contribution in [0.5, 0.6) is 5.75 Å². The molecule has 10 nitrogen and oxygen atoms in total. The first kappa shape index (κ1) is 29.4. The quantitative estimate of drug-likeness (QED) is 0.132. The molecule has 232 valence electrons.